The maximum atomic E-state index is 15.7. The number of halogens is 20. The van der Waals surface area contributed by atoms with Gasteiger partial charge < -0.3 is 4.74 Å². The Hall–Kier alpha value is -4.56. The minimum Gasteiger partial charge on any atom is -0.373 e. The molecule has 0 fully saturated rings. The van der Waals surface area contributed by atoms with Gasteiger partial charge in [0.15, 0.2) is 93.1 Å². The molecule has 0 bridgehead atoms. The molecule has 0 amide bonds. The lowest BCUT2D eigenvalue weighted by Gasteiger charge is -2.37. The monoisotopic (exact) mass is 1190 g/mol. The van der Waals surface area contributed by atoms with Crippen molar-refractivity contribution in [3.63, 3.8) is 0 Å². The van der Waals surface area contributed by atoms with Crippen LogP contribution in [0.1, 0.15) is 241 Å². The lowest BCUT2D eigenvalue weighted by molar-refractivity contribution is 0.0359. The van der Waals surface area contributed by atoms with Gasteiger partial charge in [0.2, 0.25) is 23.3 Å². The second-order valence-electron chi connectivity index (χ2n) is 20.9. The van der Waals surface area contributed by atoms with Crippen LogP contribution in [0.15, 0.2) is 0 Å². The highest BCUT2D eigenvalue weighted by molar-refractivity contribution is 5.54. The molecule has 4 aromatic rings. The van der Waals surface area contributed by atoms with Crippen LogP contribution in [0.25, 0.3) is 0 Å². The number of benzene rings is 4. The molecule has 0 aliphatic rings. The zero-order valence-electron chi connectivity index (χ0n) is 45.4. The standard InChI is InChI=1S/C60H70F20O/c1-2-3-4-5-6-7-8-9-10-13-16-19-22-25-28-31-34-81-35(36-40(61)48(69)56(77)49(70)41(36)62)32-29-26-23-20-17-14-11-12-15-18-21-24-27-30-33-60(37-42(63)50(71)57(78)51(72)43(37)64,38-44(65)52(73)58(79)53(74)45(38)66)39-46(67)54(75)59(80)55(76)47(39)68/h35H,2-34H2,1H3. The minimum atomic E-state index is -4.50. The molecule has 0 aromatic heterocycles. The van der Waals surface area contributed by atoms with Crippen LogP contribution in [-0.2, 0) is 10.2 Å². The summed E-state index contributed by atoms with van der Waals surface area (Å²) in [6.07, 6.45) is 20.7. The van der Waals surface area contributed by atoms with Crippen LogP contribution in [0.2, 0.25) is 0 Å². The summed E-state index contributed by atoms with van der Waals surface area (Å²) < 4.78 is 304. The maximum Gasteiger partial charge on any atom is 0.200 e. The smallest absolute Gasteiger partial charge is 0.200 e. The van der Waals surface area contributed by atoms with Gasteiger partial charge in [-0.05, 0) is 19.3 Å². The topological polar surface area (TPSA) is 9.23 Å². The highest BCUT2D eigenvalue weighted by Crippen LogP contribution is 2.52. The van der Waals surface area contributed by atoms with E-state index < -0.39 is 163 Å². The van der Waals surface area contributed by atoms with Crippen LogP contribution in [0.3, 0.4) is 0 Å². The van der Waals surface area contributed by atoms with Gasteiger partial charge in [0.25, 0.3) is 0 Å². The zero-order chi connectivity index (χ0) is 60.0. The van der Waals surface area contributed by atoms with Crippen molar-refractivity contribution in [3.8, 4) is 0 Å². The number of hydrogen-bond acceptors (Lipinski definition) is 1. The number of unbranched alkanes of at least 4 members (excludes halogenated alkanes) is 28. The van der Waals surface area contributed by atoms with Crippen molar-refractivity contribution in [2.24, 2.45) is 0 Å². The van der Waals surface area contributed by atoms with Crippen LogP contribution in [0.4, 0.5) is 87.8 Å². The second-order valence-corrected chi connectivity index (χ2v) is 20.9. The summed E-state index contributed by atoms with van der Waals surface area (Å²) >= 11 is 0. The Labute approximate surface area is 460 Å². The van der Waals surface area contributed by atoms with E-state index in [0.29, 0.717) is 51.4 Å². The molecule has 0 radical (unpaired) electrons. The molecule has 0 N–H and O–H groups in total. The van der Waals surface area contributed by atoms with Crippen LogP contribution in [-0.4, -0.2) is 6.61 Å². The van der Waals surface area contributed by atoms with Gasteiger partial charge in [0.05, 0.1) is 17.1 Å². The maximum absolute atomic E-state index is 15.7. The van der Waals surface area contributed by atoms with E-state index >= 15 is 26.3 Å². The van der Waals surface area contributed by atoms with Gasteiger partial charge in [-0.3, -0.25) is 0 Å². The molecule has 0 heterocycles. The van der Waals surface area contributed by atoms with Gasteiger partial charge in [-0.25, -0.2) is 87.8 Å². The fourth-order valence-corrected chi connectivity index (χ4v) is 10.6. The van der Waals surface area contributed by atoms with Crippen LogP contribution in [0, 0.1) is 116 Å². The normalized spacial score (nSPS) is 12.4. The van der Waals surface area contributed by atoms with Crippen molar-refractivity contribution in [1.82, 2.24) is 0 Å². The molecule has 21 heteroatoms. The predicted octanol–water partition coefficient (Wildman–Crippen LogP) is 22.1. The molecule has 1 atom stereocenters. The Morgan fingerprint density at radius 3 is 0.728 bits per heavy atom. The molecule has 0 aliphatic carbocycles. The first-order valence-electron chi connectivity index (χ1n) is 28.3. The zero-order valence-corrected chi connectivity index (χ0v) is 45.4. The Morgan fingerprint density at radius 1 is 0.247 bits per heavy atom. The van der Waals surface area contributed by atoms with Gasteiger partial charge in [-0.15, -0.1) is 0 Å². The summed E-state index contributed by atoms with van der Waals surface area (Å²) in [5, 5.41) is 0. The van der Waals surface area contributed by atoms with Crippen LogP contribution in [0.5, 0.6) is 0 Å². The molecule has 0 saturated heterocycles. The van der Waals surface area contributed by atoms with Crippen molar-refractivity contribution >= 4 is 0 Å². The first-order valence-corrected chi connectivity index (χ1v) is 28.3. The molecule has 0 spiro atoms. The largest absolute Gasteiger partial charge is 0.373 e. The highest BCUT2D eigenvalue weighted by Gasteiger charge is 2.53. The highest BCUT2D eigenvalue weighted by atomic mass is 19.2. The third kappa shape index (κ3) is 17.5. The van der Waals surface area contributed by atoms with Gasteiger partial charge in [-0.1, -0.05) is 193 Å². The van der Waals surface area contributed by atoms with E-state index in [-0.39, 0.29) is 25.9 Å². The van der Waals surface area contributed by atoms with Gasteiger partial charge in [-0.2, -0.15) is 0 Å². The lowest BCUT2D eigenvalue weighted by atomic mass is 9.65. The Kier molecular flexibility index (Phi) is 29.2. The molecular formula is C60H70F20O. The molecule has 4 rings (SSSR count). The number of ether oxygens (including phenoxy) is 1. The van der Waals surface area contributed by atoms with E-state index in [1.54, 1.807) is 0 Å². The van der Waals surface area contributed by atoms with Crippen molar-refractivity contribution in [3.05, 3.63) is 139 Å². The Bertz CT molecular complexity index is 2350. The van der Waals surface area contributed by atoms with Crippen molar-refractivity contribution in [1.29, 1.82) is 0 Å². The average molecular weight is 1190 g/mol. The van der Waals surface area contributed by atoms with E-state index in [1.165, 1.54) is 64.2 Å². The molecule has 0 saturated carbocycles. The SMILES string of the molecule is CCCCCCCCCCCCCCCCCCOC(CCCCCCCCCCCCCCCCC(c1c(F)c(F)c(F)c(F)c1F)(c1c(F)c(F)c(F)c(F)c1F)c1c(F)c(F)c(F)c(F)c1F)c1c(F)c(F)c(F)c(F)c1F. The predicted molar refractivity (Wildman–Crippen MR) is 267 cm³/mol. The lowest BCUT2D eigenvalue weighted by Crippen LogP contribution is -2.39. The second kappa shape index (κ2) is 34.3. The number of rotatable bonds is 39. The van der Waals surface area contributed by atoms with Crippen LogP contribution >= 0.6 is 0 Å². The molecule has 4 aromatic carbocycles. The first kappa shape index (κ1) is 68.9. The van der Waals surface area contributed by atoms with Crippen molar-refractivity contribution in [2.45, 2.75) is 224 Å². The van der Waals surface area contributed by atoms with E-state index in [0.717, 1.165) is 57.8 Å². The summed E-state index contributed by atoms with van der Waals surface area (Å²) in [5.41, 5.74) is -13.5. The number of hydrogen-bond donors (Lipinski definition) is 0. The fraction of sp³-hybridized carbons (Fsp3) is 0.600. The fourth-order valence-electron chi connectivity index (χ4n) is 10.6. The van der Waals surface area contributed by atoms with Gasteiger partial charge >= 0.3 is 0 Å². The summed E-state index contributed by atoms with van der Waals surface area (Å²) in [5.74, 6) is -55.6. The molecule has 1 nitrogen and oxygen atoms in total. The average Bonchev–Trinajstić information content (AvgIpc) is 3.49. The Balaban J connectivity index is 1.24. The van der Waals surface area contributed by atoms with E-state index in [1.807, 2.05) is 0 Å². The minimum absolute atomic E-state index is 0.0139. The summed E-state index contributed by atoms with van der Waals surface area (Å²) in [6.45, 7) is 2.28. The summed E-state index contributed by atoms with van der Waals surface area (Å²) in [7, 11) is 0. The quantitative estimate of drug-likeness (QED) is 0.0142. The van der Waals surface area contributed by atoms with Gasteiger partial charge in [0, 0.05) is 23.3 Å². The van der Waals surface area contributed by atoms with Gasteiger partial charge in [0.1, 0.15) is 0 Å². The third-order valence-corrected chi connectivity index (χ3v) is 15.1. The summed E-state index contributed by atoms with van der Waals surface area (Å²) in [6, 6.07) is 0. The molecule has 0 aliphatic heterocycles. The summed E-state index contributed by atoms with van der Waals surface area (Å²) in [4.78, 5) is 0. The van der Waals surface area contributed by atoms with Crippen molar-refractivity contribution in [2.75, 3.05) is 6.61 Å². The van der Waals surface area contributed by atoms with E-state index in [2.05, 4.69) is 6.92 Å². The molecule has 1 unspecified atom stereocenters. The van der Waals surface area contributed by atoms with Crippen LogP contribution < -0.4 is 0 Å². The Morgan fingerprint density at radius 2 is 0.457 bits per heavy atom. The van der Waals surface area contributed by atoms with E-state index in [4.69, 9.17) is 4.74 Å². The third-order valence-electron chi connectivity index (χ3n) is 15.1. The molecule has 456 valence electrons. The molecular weight excluding hydrogens is 1120 g/mol. The first-order chi connectivity index (χ1) is 38.6. The molecule has 81 heavy (non-hydrogen) atoms. The van der Waals surface area contributed by atoms with Crippen molar-refractivity contribution < 1.29 is 92.5 Å². The van der Waals surface area contributed by atoms with E-state index in [9.17, 15) is 61.5 Å².